The lowest BCUT2D eigenvalue weighted by Crippen LogP contribution is -2.38. The molecule has 2 aromatic rings. The molecule has 0 amide bonds. The average Bonchev–Trinajstić information content (AvgIpc) is 2.96. The van der Waals surface area contributed by atoms with E-state index in [0.717, 1.165) is 41.1 Å². The summed E-state index contributed by atoms with van der Waals surface area (Å²) in [5.74, 6) is 1.77. The zero-order chi connectivity index (χ0) is 18.2. The third-order valence-corrected chi connectivity index (χ3v) is 4.27. The molecule has 5 nitrogen and oxygen atoms in total. The number of ether oxygens (including phenoxy) is 1. The van der Waals surface area contributed by atoms with E-state index in [-0.39, 0.29) is 6.10 Å². The Morgan fingerprint density at radius 3 is 2.84 bits per heavy atom. The van der Waals surface area contributed by atoms with E-state index < -0.39 is 0 Å². The minimum Gasteiger partial charge on any atom is -0.491 e. The summed E-state index contributed by atoms with van der Waals surface area (Å²) in [5.41, 5.74) is 2.20. The van der Waals surface area contributed by atoms with Crippen molar-refractivity contribution in [2.24, 2.45) is 4.99 Å². The van der Waals surface area contributed by atoms with Crippen molar-refractivity contribution in [2.75, 3.05) is 13.6 Å². The van der Waals surface area contributed by atoms with E-state index in [1.165, 1.54) is 0 Å². The Bertz CT molecular complexity index is 696. The minimum atomic E-state index is 0.170. The molecule has 1 aromatic heterocycles. The molecule has 0 unspecified atom stereocenters. The number of nitrogens with one attached hydrogen (secondary N) is 1. The van der Waals surface area contributed by atoms with Gasteiger partial charge in [-0.2, -0.15) is 0 Å². The quantitative estimate of drug-likeness (QED) is 0.602. The first-order valence-corrected chi connectivity index (χ1v) is 9.52. The SMILES string of the molecule is CCNC(=NCc1cccc(OC(C)C)c1)N(C)Cc1csc(C)n1. The standard InChI is InChI=1S/C19H28N4OS/c1-6-20-19(23(5)12-17-13-25-15(4)22-17)21-11-16-8-7-9-18(10-16)24-14(2)3/h7-10,13-14H,6,11-12H2,1-5H3,(H,20,21). The number of nitrogens with zero attached hydrogens (tertiary/aromatic N) is 3. The fraction of sp³-hybridized carbons (Fsp3) is 0.474. The first-order valence-electron chi connectivity index (χ1n) is 8.64. The molecular weight excluding hydrogens is 332 g/mol. The van der Waals surface area contributed by atoms with Crippen LogP contribution in [0.4, 0.5) is 0 Å². The predicted octanol–water partition coefficient (Wildman–Crippen LogP) is 3.84. The van der Waals surface area contributed by atoms with Crippen LogP contribution in [0.1, 0.15) is 37.0 Å². The first kappa shape index (κ1) is 19.2. The maximum absolute atomic E-state index is 5.76. The van der Waals surface area contributed by atoms with Gasteiger partial charge in [-0.25, -0.2) is 9.98 Å². The van der Waals surface area contributed by atoms with E-state index in [9.17, 15) is 0 Å². The summed E-state index contributed by atoms with van der Waals surface area (Å²) >= 11 is 1.68. The van der Waals surface area contributed by atoms with Gasteiger partial charge in [0.2, 0.25) is 0 Å². The first-order chi connectivity index (χ1) is 12.0. The Kier molecular flexibility index (Phi) is 7.25. The molecule has 0 bridgehead atoms. The highest BCUT2D eigenvalue weighted by molar-refractivity contribution is 7.09. The van der Waals surface area contributed by atoms with Crippen LogP contribution >= 0.6 is 11.3 Å². The topological polar surface area (TPSA) is 49.8 Å². The maximum Gasteiger partial charge on any atom is 0.194 e. The van der Waals surface area contributed by atoms with Crippen LogP contribution in [0, 0.1) is 6.92 Å². The molecule has 0 saturated heterocycles. The predicted molar refractivity (Wildman–Crippen MR) is 105 cm³/mol. The number of hydrogen-bond acceptors (Lipinski definition) is 4. The molecule has 0 aliphatic rings. The molecule has 0 spiro atoms. The van der Waals surface area contributed by atoms with Gasteiger partial charge in [-0.15, -0.1) is 11.3 Å². The van der Waals surface area contributed by atoms with Gasteiger partial charge >= 0.3 is 0 Å². The van der Waals surface area contributed by atoms with Gasteiger partial charge in [0, 0.05) is 19.0 Å². The van der Waals surface area contributed by atoms with Gasteiger partial charge in [-0.05, 0) is 45.4 Å². The van der Waals surface area contributed by atoms with E-state index in [4.69, 9.17) is 9.73 Å². The van der Waals surface area contributed by atoms with E-state index in [0.29, 0.717) is 6.54 Å². The summed E-state index contributed by atoms with van der Waals surface area (Å²) in [6, 6.07) is 8.12. The highest BCUT2D eigenvalue weighted by Gasteiger charge is 2.09. The highest BCUT2D eigenvalue weighted by atomic mass is 32.1. The van der Waals surface area contributed by atoms with Gasteiger partial charge in [0.15, 0.2) is 5.96 Å². The summed E-state index contributed by atoms with van der Waals surface area (Å²) in [6.45, 7) is 10.3. The Hall–Kier alpha value is -2.08. The second kappa shape index (κ2) is 9.42. The summed E-state index contributed by atoms with van der Waals surface area (Å²) in [5, 5.41) is 6.54. The van der Waals surface area contributed by atoms with Gasteiger partial charge in [0.25, 0.3) is 0 Å². The molecule has 0 aliphatic carbocycles. The van der Waals surface area contributed by atoms with Gasteiger partial charge in [0.1, 0.15) is 5.75 Å². The Morgan fingerprint density at radius 1 is 1.40 bits per heavy atom. The number of aliphatic imine (C=N–C) groups is 1. The van der Waals surface area contributed by atoms with Gasteiger partial charge in [0.05, 0.1) is 29.9 Å². The van der Waals surface area contributed by atoms with Crippen molar-refractivity contribution in [3.63, 3.8) is 0 Å². The Labute approximate surface area is 154 Å². The summed E-state index contributed by atoms with van der Waals surface area (Å²) in [4.78, 5) is 11.4. The molecule has 1 N–H and O–H groups in total. The third-order valence-electron chi connectivity index (χ3n) is 3.44. The number of thiazole rings is 1. The van der Waals surface area contributed by atoms with Crippen molar-refractivity contribution < 1.29 is 4.74 Å². The van der Waals surface area contributed by atoms with Crippen LogP contribution in [-0.2, 0) is 13.1 Å². The highest BCUT2D eigenvalue weighted by Crippen LogP contribution is 2.16. The molecule has 2 rings (SSSR count). The molecular formula is C19H28N4OS. The zero-order valence-electron chi connectivity index (χ0n) is 15.7. The molecule has 1 aromatic carbocycles. The Balaban J connectivity index is 2.05. The molecule has 0 saturated carbocycles. The van der Waals surface area contributed by atoms with Gasteiger partial charge in [-0.3, -0.25) is 0 Å². The number of hydrogen-bond donors (Lipinski definition) is 1. The fourth-order valence-corrected chi connectivity index (χ4v) is 3.03. The summed E-state index contributed by atoms with van der Waals surface area (Å²) < 4.78 is 5.76. The van der Waals surface area contributed by atoms with E-state index >= 15 is 0 Å². The maximum atomic E-state index is 5.76. The lowest BCUT2D eigenvalue weighted by atomic mass is 10.2. The van der Waals surface area contributed by atoms with Crippen molar-refractivity contribution in [1.29, 1.82) is 0 Å². The van der Waals surface area contributed by atoms with Crippen LogP contribution in [0.25, 0.3) is 0 Å². The van der Waals surface area contributed by atoms with Crippen molar-refractivity contribution in [2.45, 2.75) is 46.9 Å². The van der Waals surface area contributed by atoms with Crippen molar-refractivity contribution in [3.8, 4) is 5.75 Å². The third kappa shape index (κ3) is 6.38. The number of aromatic nitrogens is 1. The van der Waals surface area contributed by atoms with Crippen LogP contribution in [-0.4, -0.2) is 35.5 Å². The lowest BCUT2D eigenvalue weighted by Gasteiger charge is -2.21. The van der Waals surface area contributed by atoms with Crippen LogP contribution in [0.5, 0.6) is 5.75 Å². The number of benzene rings is 1. The second-order valence-electron chi connectivity index (χ2n) is 6.20. The molecule has 136 valence electrons. The van der Waals surface area contributed by atoms with Crippen molar-refractivity contribution in [3.05, 3.63) is 45.9 Å². The number of aryl methyl sites for hydroxylation is 1. The molecule has 0 fully saturated rings. The largest absolute Gasteiger partial charge is 0.491 e. The number of rotatable bonds is 7. The van der Waals surface area contributed by atoms with Crippen molar-refractivity contribution in [1.82, 2.24) is 15.2 Å². The summed E-state index contributed by atoms with van der Waals surface area (Å²) in [7, 11) is 2.04. The zero-order valence-corrected chi connectivity index (χ0v) is 16.6. The van der Waals surface area contributed by atoms with Crippen LogP contribution in [0.15, 0.2) is 34.6 Å². The number of guanidine groups is 1. The monoisotopic (exact) mass is 360 g/mol. The molecule has 1 heterocycles. The summed E-state index contributed by atoms with van der Waals surface area (Å²) in [6.07, 6.45) is 0.170. The van der Waals surface area contributed by atoms with Gasteiger partial charge < -0.3 is 15.0 Å². The fourth-order valence-electron chi connectivity index (χ4n) is 2.42. The molecule has 0 radical (unpaired) electrons. The van der Waals surface area contributed by atoms with E-state index in [2.05, 4.69) is 39.6 Å². The van der Waals surface area contributed by atoms with Crippen LogP contribution < -0.4 is 10.1 Å². The normalized spacial score (nSPS) is 11.7. The van der Waals surface area contributed by atoms with Crippen molar-refractivity contribution >= 4 is 17.3 Å². The van der Waals surface area contributed by atoms with Crippen LogP contribution in [0.3, 0.4) is 0 Å². The molecule has 0 aliphatic heterocycles. The molecule has 6 heteroatoms. The lowest BCUT2D eigenvalue weighted by molar-refractivity contribution is 0.242. The van der Waals surface area contributed by atoms with E-state index in [1.54, 1.807) is 11.3 Å². The minimum absolute atomic E-state index is 0.170. The van der Waals surface area contributed by atoms with Gasteiger partial charge in [-0.1, -0.05) is 12.1 Å². The smallest absolute Gasteiger partial charge is 0.194 e. The molecule has 25 heavy (non-hydrogen) atoms. The van der Waals surface area contributed by atoms with Crippen LogP contribution in [0.2, 0.25) is 0 Å². The molecule has 0 atom stereocenters. The van der Waals surface area contributed by atoms with E-state index in [1.807, 2.05) is 40.0 Å². The Morgan fingerprint density at radius 2 is 2.20 bits per heavy atom. The second-order valence-corrected chi connectivity index (χ2v) is 7.26. The average molecular weight is 361 g/mol.